The molecule has 0 spiro atoms. The molecule has 0 aliphatic heterocycles. The number of hydrogen-bond acceptors (Lipinski definition) is 3. The highest BCUT2D eigenvalue weighted by molar-refractivity contribution is 7.89. The molecule has 0 fully saturated rings. The molecular formula is C10H18ClN3O2S. The molecular weight excluding hydrogens is 262 g/mol. The number of H-pyrrole nitrogens is 1. The van der Waals surface area contributed by atoms with E-state index in [0.717, 1.165) is 19.3 Å². The van der Waals surface area contributed by atoms with Gasteiger partial charge in [-0.25, -0.2) is 13.1 Å². The van der Waals surface area contributed by atoms with Crippen LogP contribution in [0.3, 0.4) is 0 Å². The standard InChI is InChI=1S/C10H18ClN3O2S/c1-8-10(9(2)14-13-8)17(15,16)12-7-5-3-4-6-11/h12H,3-7H2,1-2H3,(H,13,14). The number of nitrogens with one attached hydrogen (secondary N) is 2. The molecule has 0 saturated heterocycles. The normalized spacial score (nSPS) is 11.9. The lowest BCUT2D eigenvalue weighted by atomic mass is 10.2. The summed E-state index contributed by atoms with van der Waals surface area (Å²) < 4.78 is 26.5. The zero-order chi connectivity index (χ0) is 12.9. The Bertz CT molecular complexity index is 437. The van der Waals surface area contributed by atoms with Gasteiger partial charge >= 0.3 is 0 Å². The molecule has 0 amide bonds. The van der Waals surface area contributed by atoms with E-state index in [1.807, 2.05) is 0 Å². The van der Waals surface area contributed by atoms with Crippen LogP contribution in [0.4, 0.5) is 0 Å². The maximum atomic E-state index is 12.0. The quantitative estimate of drug-likeness (QED) is 0.589. The van der Waals surface area contributed by atoms with Gasteiger partial charge in [0, 0.05) is 12.4 Å². The van der Waals surface area contributed by atoms with Crippen molar-refractivity contribution in [2.75, 3.05) is 12.4 Å². The number of hydrogen-bond donors (Lipinski definition) is 2. The molecule has 0 unspecified atom stereocenters. The largest absolute Gasteiger partial charge is 0.281 e. The number of halogens is 1. The van der Waals surface area contributed by atoms with Gasteiger partial charge in [-0.05, 0) is 26.7 Å². The maximum Gasteiger partial charge on any atom is 0.244 e. The van der Waals surface area contributed by atoms with Gasteiger partial charge in [0.15, 0.2) is 0 Å². The molecule has 0 aliphatic carbocycles. The lowest BCUT2D eigenvalue weighted by molar-refractivity contribution is 0.575. The lowest BCUT2D eigenvalue weighted by Gasteiger charge is -2.06. The Kier molecular flexibility index (Phi) is 5.42. The third-order valence-electron chi connectivity index (χ3n) is 2.43. The molecule has 17 heavy (non-hydrogen) atoms. The second-order valence-electron chi connectivity index (χ2n) is 3.91. The summed E-state index contributed by atoms with van der Waals surface area (Å²) in [5.74, 6) is 0.618. The topological polar surface area (TPSA) is 74.8 Å². The van der Waals surface area contributed by atoms with Crippen LogP contribution in [0.25, 0.3) is 0 Å². The summed E-state index contributed by atoms with van der Waals surface area (Å²) in [6.07, 6.45) is 2.63. The third kappa shape index (κ3) is 3.97. The van der Waals surface area contributed by atoms with Crippen molar-refractivity contribution in [3.05, 3.63) is 11.4 Å². The van der Waals surface area contributed by atoms with E-state index in [1.54, 1.807) is 13.8 Å². The molecule has 5 nitrogen and oxygen atoms in total. The summed E-state index contributed by atoms with van der Waals surface area (Å²) in [7, 11) is -3.44. The van der Waals surface area contributed by atoms with Gasteiger partial charge in [0.1, 0.15) is 4.90 Å². The lowest BCUT2D eigenvalue weighted by Crippen LogP contribution is -2.25. The fraction of sp³-hybridized carbons (Fsp3) is 0.700. The van der Waals surface area contributed by atoms with Crippen LogP contribution >= 0.6 is 11.6 Å². The van der Waals surface area contributed by atoms with Crippen LogP contribution in [0, 0.1) is 13.8 Å². The Labute approximate surface area is 107 Å². The molecule has 1 aromatic heterocycles. The highest BCUT2D eigenvalue weighted by Gasteiger charge is 2.21. The molecule has 1 rings (SSSR count). The van der Waals surface area contributed by atoms with E-state index in [1.165, 1.54) is 0 Å². The van der Waals surface area contributed by atoms with Crippen molar-refractivity contribution in [1.82, 2.24) is 14.9 Å². The fourth-order valence-corrected chi connectivity index (χ4v) is 3.24. The molecule has 0 aliphatic rings. The van der Waals surface area contributed by atoms with Gasteiger partial charge in [0.2, 0.25) is 10.0 Å². The predicted octanol–water partition coefficient (Wildman–Crippen LogP) is 1.71. The number of unbranched alkanes of at least 4 members (excludes halogenated alkanes) is 2. The smallest absolute Gasteiger partial charge is 0.244 e. The minimum Gasteiger partial charge on any atom is -0.281 e. The summed E-state index contributed by atoms with van der Waals surface area (Å²) >= 11 is 5.54. The van der Waals surface area contributed by atoms with Crippen molar-refractivity contribution in [2.24, 2.45) is 0 Å². The van der Waals surface area contributed by atoms with Crippen molar-refractivity contribution < 1.29 is 8.42 Å². The number of alkyl halides is 1. The van der Waals surface area contributed by atoms with Crippen molar-refractivity contribution in [3.63, 3.8) is 0 Å². The number of aryl methyl sites for hydroxylation is 2. The average Bonchev–Trinajstić information content (AvgIpc) is 2.58. The van der Waals surface area contributed by atoms with Crippen molar-refractivity contribution in [1.29, 1.82) is 0 Å². The molecule has 2 N–H and O–H groups in total. The van der Waals surface area contributed by atoms with Gasteiger partial charge in [-0.2, -0.15) is 5.10 Å². The Hall–Kier alpha value is -0.590. The van der Waals surface area contributed by atoms with Crippen LogP contribution in [-0.4, -0.2) is 31.0 Å². The SMILES string of the molecule is Cc1n[nH]c(C)c1S(=O)(=O)NCCCCCCl. The second kappa shape index (κ2) is 6.37. The Morgan fingerprint density at radius 1 is 1.29 bits per heavy atom. The Morgan fingerprint density at radius 3 is 2.53 bits per heavy atom. The van der Waals surface area contributed by atoms with Gasteiger partial charge in [-0.15, -0.1) is 11.6 Å². The van der Waals surface area contributed by atoms with E-state index in [4.69, 9.17) is 11.6 Å². The van der Waals surface area contributed by atoms with Crippen LogP contribution in [0.2, 0.25) is 0 Å². The number of aromatic amines is 1. The van der Waals surface area contributed by atoms with E-state index in [9.17, 15) is 8.42 Å². The summed E-state index contributed by atoms with van der Waals surface area (Å²) in [5, 5.41) is 6.55. The van der Waals surface area contributed by atoms with Gasteiger partial charge in [0.25, 0.3) is 0 Å². The number of nitrogens with zero attached hydrogens (tertiary/aromatic N) is 1. The van der Waals surface area contributed by atoms with Crippen molar-refractivity contribution in [3.8, 4) is 0 Å². The highest BCUT2D eigenvalue weighted by Crippen LogP contribution is 2.16. The number of sulfonamides is 1. The first-order chi connectivity index (χ1) is 7.99. The Balaban J connectivity index is 2.58. The summed E-state index contributed by atoms with van der Waals surface area (Å²) in [6.45, 7) is 3.80. The fourth-order valence-electron chi connectivity index (χ4n) is 1.61. The zero-order valence-corrected chi connectivity index (χ0v) is 11.7. The number of rotatable bonds is 7. The number of aromatic nitrogens is 2. The van der Waals surface area contributed by atoms with Crippen LogP contribution in [-0.2, 0) is 10.0 Å². The molecule has 0 radical (unpaired) electrons. The van der Waals surface area contributed by atoms with Crippen LogP contribution in [0.5, 0.6) is 0 Å². The van der Waals surface area contributed by atoms with Gasteiger partial charge in [-0.1, -0.05) is 6.42 Å². The van der Waals surface area contributed by atoms with Gasteiger partial charge in [-0.3, -0.25) is 5.10 Å². The molecule has 0 saturated carbocycles. The first kappa shape index (κ1) is 14.5. The highest BCUT2D eigenvalue weighted by atomic mass is 35.5. The van der Waals surface area contributed by atoms with E-state index in [2.05, 4.69) is 14.9 Å². The van der Waals surface area contributed by atoms with Gasteiger partial charge < -0.3 is 0 Å². The monoisotopic (exact) mass is 279 g/mol. The summed E-state index contributed by atoms with van der Waals surface area (Å²) in [5.41, 5.74) is 1.06. The van der Waals surface area contributed by atoms with Crippen LogP contribution in [0.15, 0.2) is 4.90 Å². The maximum absolute atomic E-state index is 12.0. The van der Waals surface area contributed by atoms with E-state index in [0.29, 0.717) is 23.8 Å². The molecule has 1 aromatic rings. The second-order valence-corrected chi connectivity index (χ2v) is 5.99. The van der Waals surface area contributed by atoms with E-state index in [-0.39, 0.29) is 4.90 Å². The third-order valence-corrected chi connectivity index (χ3v) is 4.42. The minimum atomic E-state index is -3.44. The summed E-state index contributed by atoms with van der Waals surface area (Å²) in [4.78, 5) is 0.259. The van der Waals surface area contributed by atoms with Crippen molar-refractivity contribution >= 4 is 21.6 Å². The van der Waals surface area contributed by atoms with Crippen LogP contribution in [0.1, 0.15) is 30.7 Å². The molecule has 1 heterocycles. The van der Waals surface area contributed by atoms with Crippen molar-refractivity contribution in [2.45, 2.75) is 38.0 Å². The average molecular weight is 280 g/mol. The van der Waals surface area contributed by atoms with E-state index < -0.39 is 10.0 Å². The zero-order valence-electron chi connectivity index (χ0n) is 10.1. The Morgan fingerprint density at radius 2 is 2.00 bits per heavy atom. The molecule has 0 bridgehead atoms. The van der Waals surface area contributed by atoms with Gasteiger partial charge in [0.05, 0.1) is 11.4 Å². The molecule has 98 valence electrons. The minimum absolute atomic E-state index is 0.259. The van der Waals surface area contributed by atoms with Crippen LogP contribution < -0.4 is 4.72 Å². The van der Waals surface area contributed by atoms with E-state index >= 15 is 0 Å². The molecule has 7 heteroatoms. The first-order valence-corrected chi connectivity index (χ1v) is 7.58. The predicted molar refractivity (Wildman–Crippen MR) is 67.8 cm³/mol. The first-order valence-electron chi connectivity index (χ1n) is 5.56. The summed E-state index contributed by atoms with van der Waals surface area (Å²) in [6, 6.07) is 0. The molecule has 0 aromatic carbocycles. The molecule has 0 atom stereocenters.